The minimum atomic E-state index is -1.40. The smallest absolute Gasteiger partial charge is 0.328 e. The van der Waals surface area contributed by atoms with Crippen LogP contribution in [-0.4, -0.2) is 52.1 Å². The maximum absolute atomic E-state index is 12.6. The van der Waals surface area contributed by atoms with Crippen LogP contribution in [0.25, 0.3) is 0 Å². The number of hydrogen-bond acceptors (Lipinski definition) is 6. The summed E-state index contributed by atoms with van der Waals surface area (Å²) in [5.74, 6) is -0.463. The van der Waals surface area contributed by atoms with Crippen LogP contribution >= 0.6 is 0 Å². The lowest BCUT2D eigenvalue weighted by molar-refractivity contribution is -0.160. The number of aliphatic hydroxyl groups excluding tert-OH is 1. The van der Waals surface area contributed by atoms with Gasteiger partial charge in [-0.3, -0.25) is 14.4 Å². The van der Waals surface area contributed by atoms with Crippen LogP contribution in [0.4, 0.5) is 0 Å². The van der Waals surface area contributed by atoms with E-state index in [4.69, 9.17) is 9.84 Å². The molecule has 4 aliphatic rings. The Hall–Kier alpha value is -2.22. The first-order valence-electron chi connectivity index (χ1n) is 13.1. The van der Waals surface area contributed by atoms with Crippen molar-refractivity contribution in [2.24, 2.45) is 28.6 Å². The van der Waals surface area contributed by atoms with E-state index in [-0.39, 0.29) is 35.6 Å². The number of aliphatic carboxylic acids is 1. The normalized spacial score (nSPS) is 37.7. The maximum Gasteiger partial charge on any atom is 0.328 e. The molecule has 0 aliphatic heterocycles. The van der Waals surface area contributed by atoms with E-state index in [1.807, 2.05) is 6.08 Å². The molecule has 8 nitrogen and oxygen atoms in total. The molecule has 0 unspecified atom stereocenters. The third-order valence-electron chi connectivity index (χ3n) is 9.77. The van der Waals surface area contributed by atoms with E-state index < -0.39 is 30.0 Å². The van der Waals surface area contributed by atoms with Crippen LogP contribution in [0.15, 0.2) is 11.6 Å². The lowest BCUT2D eigenvalue weighted by atomic mass is 9.47. The van der Waals surface area contributed by atoms with Crippen molar-refractivity contribution >= 4 is 23.6 Å². The molecule has 3 fully saturated rings. The van der Waals surface area contributed by atoms with Gasteiger partial charge in [-0.15, -0.1) is 0 Å². The van der Waals surface area contributed by atoms with Crippen molar-refractivity contribution in [2.45, 2.75) is 103 Å². The number of carbonyl (C=O) groups excluding carboxylic acids is 3. The molecule has 0 radical (unpaired) electrons. The first-order valence-corrected chi connectivity index (χ1v) is 13.1. The van der Waals surface area contributed by atoms with Gasteiger partial charge in [-0.05, 0) is 81.1 Å². The molecule has 0 aromatic heterocycles. The number of fused-ring (bicyclic) bond motifs is 5. The van der Waals surface area contributed by atoms with E-state index in [2.05, 4.69) is 19.2 Å². The van der Waals surface area contributed by atoms with Crippen LogP contribution in [-0.2, 0) is 23.9 Å². The number of ketones is 1. The highest BCUT2D eigenvalue weighted by atomic mass is 16.5. The van der Waals surface area contributed by atoms with Gasteiger partial charge < -0.3 is 20.3 Å². The van der Waals surface area contributed by atoms with E-state index in [1.165, 1.54) is 12.5 Å². The Kier molecular flexibility index (Phi) is 7.15. The van der Waals surface area contributed by atoms with Crippen molar-refractivity contribution in [3.63, 3.8) is 0 Å². The van der Waals surface area contributed by atoms with Crippen molar-refractivity contribution in [3.05, 3.63) is 11.6 Å². The third kappa shape index (κ3) is 4.78. The second-order valence-corrected chi connectivity index (χ2v) is 11.7. The average molecular weight is 490 g/mol. The standard InChI is InChI=1S/C27H39NO7/c1-15(29)24(25(33)34)28-22(31)8-9-23(32)35-21-7-6-19-18-5-4-16-14-17(30)10-12-26(16,2)20(18)11-13-27(19,21)3/h14-15,18-21,24,29H,4-13H2,1-3H3,(H,28,31)(H,33,34)/t15-,18+,19+,20+,21-,24-,26+,27+/m1/s1. The topological polar surface area (TPSA) is 130 Å². The molecular formula is C27H39NO7. The number of carboxylic acids is 1. The van der Waals surface area contributed by atoms with Gasteiger partial charge in [-0.2, -0.15) is 0 Å². The van der Waals surface area contributed by atoms with Gasteiger partial charge in [-0.1, -0.05) is 19.4 Å². The molecule has 0 saturated heterocycles. The molecule has 35 heavy (non-hydrogen) atoms. The Balaban J connectivity index is 1.35. The summed E-state index contributed by atoms with van der Waals surface area (Å²) < 4.78 is 5.92. The predicted octanol–water partition coefficient (Wildman–Crippen LogP) is 3.16. The van der Waals surface area contributed by atoms with Crippen LogP contribution in [0.3, 0.4) is 0 Å². The first-order chi connectivity index (χ1) is 16.5. The highest BCUT2D eigenvalue weighted by Gasteiger charge is 2.59. The van der Waals surface area contributed by atoms with Crippen LogP contribution in [0.1, 0.15) is 85.0 Å². The number of esters is 1. The Morgan fingerprint density at radius 2 is 1.83 bits per heavy atom. The van der Waals surface area contributed by atoms with Gasteiger partial charge in [0, 0.05) is 18.3 Å². The lowest BCUT2D eigenvalue weighted by Crippen LogP contribution is -2.51. The molecule has 0 spiro atoms. The number of amides is 1. The Morgan fingerprint density at radius 3 is 2.51 bits per heavy atom. The summed E-state index contributed by atoms with van der Waals surface area (Å²) in [7, 11) is 0. The molecule has 8 heteroatoms. The lowest BCUT2D eigenvalue weighted by Gasteiger charge is -2.57. The molecule has 0 aromatic rings. The van der Waals surface area contributed by atoms with E-state index in [9.17, 15) is 24.3 Å². The zero-order valence-electron chi connectivity index (χ0n) is 21.0. The summed E-state index contributed by atoms with van der Waals surface area (Å²) in [5.41, 5.74) is 1.38. The second-order valence-electron chi connectivity index (χ2n) is 11.7. The number of ether oxygens (including phenoxy) is 1. The molecule has 4 aliphatic carbocycles. The molecular weight excluding hydrogens is 450 g/mol. The van der Waals surface area contributed by atoms with Crippen LogP contribution < -0.4 is 5.32 Å². The Morgan fingerprint density at radius 1 is 1.09 bits per heavy atom. The fourth-order valence-corrected chi connectivity index (χ4v) is 7.77. The number of allylic oxidation sites excluding steroid dienone is 1. The fourth-order valence-electron chi connectivity index (χ4n) is 7.77. The number of nitrogens with one attached hydrogen (secondary N) is 1. The van der Waals surface area contributed by atoms with Gasteiger partial charge in [0.25, 0.3) is 0 Å². The zero-order chi connectivity index (χ0) is 25.5. The quantitative estimate of drug-likeness (QED) is 0.468. The summed E-state index contributed by atoms with van der Waals surface area (Å²) >= 11 is 0. The second kappa shape index (κ2) is 9.68. The largest absolute Gasteiger partial charge is 0.480 e. The number of carbonyl (C=O) groups is 4. The number of hydrogen-bond donors (Lipinski definition) is 3. The van der Waals surface area contributed by atoms with Crippen molar-refractivity contribution in [1.82, 2.24) is 5.32 Å². The summed E-state index contributed by atoms with van der Waals surface area (Å²) in [6, 6.07) is -1.40. The Labute approximate surface area is 206 Å². The number of carboxylic acid groups (broad SMARTS) is 1. The molecule has 4 rings (SSSR count). The summed E-state index contributed by atoms with van der Waals surface area (Å²) in [4.78, 5) is 47.9. The molecule has 3 N–H and O–H groups in total. The van der Waals surface area contributed by atoms with Gasteiger partial charge >= 0.3 is 11.9 Å². The van der Waals surface area contributed by atoms with E-state index in [0.717, 1.165) is 44.9 Å². The van der Waals surface area contributed by atoms with Gasteiger partial charge in [0.2, 0.25) is 5.91 Å². The number of rotatable bonds is 7. The average Bonchev–Trinajstić information content (AvgIpc) is 3.12. The highest BCUT2D eigenvalue weighted by molar-refractivity contribution is 5.91. The van der Waals surface area contributed by atoms with Crippen molar-refractivity contribution in [3.8, 4) is 0 Å². The monoisotopic (exact) mass is 489 g/mol. The molecule has 0 aromatic carbocycles. The summed E-state index contributed by atoms with van der Waals surface area (Å²) in [5, 5.41) is 20.8. The first kappa shape index (κ1) is 25.9. The van der Waals surface area contributed by atoms with E-state index in [1.54, 1.807) is 0 Å². The number of aliphatic hydroxyl groups is 1. The summed E-state index contributed by atoms with van der Waals surface area (Å²) in [6.45, 7) is 5.90. The molecule has 194 valence electrons. The van der Waals surface area contributed by atoms with Gasteiger partial charge in [0.05, 0.1) is 12.5 Å². The highest BCUT2D eigenvalue weighted by Crippen LogP contribution is 2.65. The van der Waals surface area contributed by atoms with Gasteiger partial charge in [0.15, 0.2) is 11.8 Å². The maximum atomic E-state index is 12.6. The van der Waals surface area contributed by atoms with Crippen LogP contribution in [0.2, 0.25) is 0 Å². The van der Waals surface area contributed by atoms with Crippen LogP contribution in [0, 0.1) is 28.6 Å². The van der Waals surface area contributed by atoms with E-state index >= 15 is 0 Å². The van der Waals surface area contributed by atoms with Gasteiger partial charge in [0.1, 0.15) is 6.10 Å². The molecule has 0 heterocycles. The third-order valence-corrected chi connectivity index (χ3v) is 9.77. The minimum absolute atomic E-state index is 0.0815. The molecule has 1 amide bonds. The van der Waals surface area contributed by atoms with Crippen molar-refractivity contribution < 1.29 is 34.1 Å². The van der Waals surface area contributed by atoms with Crippen molar-refractivity contribution in [1.29, 1.82) is 0 Å². The fraction of sp³-hybridized carbons (Fsp3) is 0.778. The minimum Gasteiger partial charge on any atom is -0.480 e. The SMILES string of the molecule is C[C@@H](O)[C@@H](NC(=O)CCC(=O)O[C@@H]1CC[C@H]2[C@@H]3CCC4=CC(=O)CC[C@]4(C)[C@H]3CC[C@]12C)C(=O)O. The summed E-state index contributed by atoms with van der Waals surface area (Å²) in [6.07, 6.45) is 7.78. The van der Waals surface area contributed by atoms with E-state index in [0.29, 0.717) is 24.2 Å². The zero-order valence-corrected chi connectivity index (χ0v) is 21.0. The van der Waals surface area contributed by atoms with Gasteiger partial charge in [-0.25, -0.2) is 4.79 Å². The predicted molar refractivity (Wildman–Crippen MR) is 127 cm³/mol. The van der Waals surface area contributed by atoms with Crippen LogP contribution in [0.5, 0.6) is 0 Å². The molecule has 3 saturated carbocycles. The molecule has 0 bridgehead atoms. The van der Waals surface area contributed by atoms with Crippen molar-refractivity contribution in [2.75, 3.05) is 0 Å². The Bertz CT molecular complexity index is 926. The molecule has 8 atom stereocenters.